The number of nitrogens with one attached hydrogen (secondary N) is 1. The molecule has 0 fully saturated rings. The van der Waals surface area contributed by atoms with Crippen molar-refractivity contribution < 1.29 is 13.9 Å². The highest BCUT2D eigenvalue weighted by Gasteiger charge is 2.13. The first kappa shape index (κ1) is 19.9. The summed E-state index contributed by atoms with van der Waals surface area (Å²) in [6, 6.07) is 19.6. The zero-order valence-electron chi connectivity index (χ0n) is 16.2. The van der Waals surface area contributed by atoms with Crippen molar-refractivity contribution in [2.24, 2.45) is 7.05 Å². The van der Waals surface area contributed by atoms with Gasteiger partial charge in [-0.3, -0.25) is 4.79 Å². The maximum absolute atomic E-state index is 12.9. The molecule has 30 heavy (non-hydrogen) atoms. The Morgan fingerprint density at radius 1 is 1.07 bits per heavy atom. The number of carbonyl (C=O) groups excluding carboxylic acids is 1. The second-order valence-corrected chi connectivity index (χ2v) is 7.51. The summed E-state index contributed by atoms with van der Waals surface area (Å²) < 4.78 is 20.7. The lowest BCUT2D eigenvalue weighted by Gasteiger charge is -2.09. The molecule has 0 spiro atoms. The number of anilines is 1. The molecule has 1 aromatic heterocycles. The van der Waals surface area contributed by atoms with Crippen LogP contribution in [0, 0.1) is 5.82 Å². The average Bonchev–Trinajstić information content (AvgIpc) is 3.12. The van der Waals surface area contributed by atoms with Crippen LogP contribution in [0.4, 0.5) is 10.1 Å². The lowest BCUT2D eigenvalue weighted by atomic mass is 10.1. The second kappa shape index (κ2) is 8.96. The number of hydrogen-bond donors (Lipinski definition) is 1. The Hall–Kier alpha value is -3.39. The van der Waals surface area contributed by atoms with Crippen molar-refractivity contribution in [3.8, 4) is 5.75 Å². The van der Waals surface area contributed by atoms with E-state index in [0.717, 1.165) is 16.5 Å². The van der Waals surface area contributed by atoms with E-state index in [1.54, 1.807) is 4.57 Å². The zero-order chi connectivity index (χ0) is 20.9. The van der Waals surface area contributed by atoms with E-state index in [0.29, 0.717) is 16.7 Å². The van der Waals surface area contributed by atoms with E-state index in [9.17, 15) is 9.18 Å². The Bertz CT molecular complexity index is 1170. The van der Waals surface area contributed by atoms with Gasteiger partial charge in [0.15, 0.2) is 11.0 Å². The number of hydrogen-bond acceptors (Lipinski definition) is 5. The van der Waals surface area contributed by atoms with Crippen molar-refractivity contribution in [1.82, 2.24) is 14.8 Å². The highest BCUT2D eigenvalue weighted by molar-refractivity contribution is 7.99. The van der Waals surface area contributed by atoms with Crippen LogP contribution in [0.2, 0.25) is 0 Å². The summed E-state index contributed by atoms with van der Waals surface area (Å²) in [4.78, 5) is 12.1. The molecule has 6 nitrogen and oxygen atoms in total. The summed E-state index contributed by atoms with van der Waals surface area (Å²) in [5.41, 5.74) is 0.546. The molecule has 0 saturated heterocycles. The third kappa shape index (κ3) is 4.60. The van der Waals surface area contributed by atoms with Crippen LogP contribution in [0.15, 0.2) is 71.9 Å². The number of ether oxygens (including phenoxy) is 1. The van der Waals surface area contributed by atoms with E-state index >= 15 is 0 Å². The van der Waals surface area contributed by atoms with Crippen LogP contribution in [0.1, 0.15) is 5.82 Å². The van der Waals surface area contributed by atoms with Crippen molar-refractivity contribution in [2.75, 3.05) is 11.1 Å². The number of fused-ring (bicyclic) bond motifs is 1. The first-order valence-electron chi connectivity index (χ1n) is 9.27. The summed E-state index contributed by atoms with van der Waals surface area (Å²) >= 11 is 1.27. The first-order valence-corrected chi connectivity index (χ1v) is 10.3. The van der Waals surface area contributed by atoms with Crippen molar-refractivity contribution in [1.29, 1.82) is 0 Å². The molecule has 1 N–H and O–H groups in total. The molecule has 4 aromatic rings. The number of amides is 1. The lowest BCUT2D eigenvalue weighted by molar-refractivity contribution is -0.113. The van der Waals surface area contributed by atoms with Gasteiger partial charge in [-0.1, -0.05) is 48.2 Å². The van der Waals surface area contributed by atoms with E-state index in [4.69, 9.17) is 4.74 Å². The van der Waals surface area contributed by atoms with Gasteiger partial charge < -0.3 is 14.6 Å². The van der Waals surface area contributed by atoms with Gasteiger partial charge in [-0.2, -0.15) is 0 Å². The van der Waals surface area contributed by atoms with Gasteiger partial charge in [0, 0.05) is 18.1 Å². The summed E-state index contributed by atoms with van der Waals surface area (Å²) in [6.45, 7) is 0.264. The fourth-order valence-electron chi connectivity index (χ4n) is 2.92. The topological polar surface area (TPSA) is 69.0 Å². The van der Waals surface area contributed by atoms with Gasteiger partial charge in [0.2, 0.25) is 5.91 Å². The predicted octanol–water partition coefficient (Wildman–Crippen LogP) is 4.42. The quantitative estimate of drug-likeness (QED) is 0.447. The molecule has 0 radical (unpaired) electrons. The smallest absolute Gasteiger partial charge is 0.234 e. The summed E-state index contributed by atoms with van der Waals surface area (Å²) in [5, 5.41) is 13.8. The Labute approximate surface area is 177 Å². The van der Waals surface area contributed by atoms with Crippen molar-refractivity contribution in [3.63, 3.8) is 0 Å². The van der Waals surface area contributed by atoms with Crippen LogP contribution >= 0.6 is 11.8 Å². The number of halogens is 1. The third-order valence-corrected chi connectivity index (χ3v) is 5.51. The molecule has 152 valence electrons. The number of aromatic nitrogens is 3. The summed E-state index contributed by atoms with van der Waals surface area (Å²) in [6.07, 6.45) is 0. The van der Waals surface area contributed by atoms with E-state index < -0.39 is 0 Å². The van der Waals surface area contributed by atoms with Gasteiger partial charge in [-0.25, -0.2) is 4.39 Å². The largest absolute Gasteiger partial charge is 0.485 e. The van der Waals surface area contributed by atoms with Crippen LogP contribution < -0.4 is 10.1 Å². The Kier molecular flexibility index (Phi) is 5.94. The molecule has 8 heteroatoms. The number of carbonyl (C=O) groups is 1. The van der Waals surface area contributed by atoms with Gasteiger partial charge in [0.05, 0.1) is 5.75 Å². The fourth-order valence-corrected chi connectivity index (χ4v) is 3.65. The molecule has 4 rings (SSSR count). The maximum Gasteiger partial charge on any atom is 0.234 e. The zero-order valence-corrected chi connectivity index (χ0v) is 17.0. The van der Waals surface area contributed by atoms with Gasteiger partial charge in [0.1, 0.15) is 18.2 Å². The molecule has 1 amide bonds. The third-order valence-electron chi connectivity index (χ3n) is 4.49. The molecule has 0 aliphatic rings. The molecule has 0 unspecified atom stereocenters. The Morgan fingerprint density at radius 2 is 1.83 bits per heavy atom. The van der Waals surface area contributed by atoms with Crippen LogP contribution in [-0.2, 0) is 18.4 Å². The van der Waals surface area contributed by atoms with E-state index in [1.165, 1.54) is 36.0 Å². The standard InChI is InChI=1S/C22H19FN4O2S/c1-27-20(13-29-19-8-4-6-15-5-2-3-7-18(15)19)25-26-22(27)30-14-21(28)24-17-11-9-16(23)10-12-17/h2-12H,13-14H2,1H3,(H,24,28). The molecule has 0 aliphatic heterocycles. The number of benzene rings is 3. The van der Waals surface area contributed by atoms with Gasteiger partial charge in [-0.15, -0.1) is 10.2 Å². The molecular formula is C22H19FN4O2S. The SMILES string of the molecule is Cn1c(COc2cccc3ccccc23)nnc1SCC(=O)Nc1ccc(F)cc1. The molecular weight excluding hydrogens is 403 g/mol. The Morgan fingerprint density at radius 3 is 2.67 bits per heavy atom. The summed E-state index contributed by atoms with van der Waals surface area (Å²) in [7, 11) is 1.84. The maximum atomic E-state index is 12.9. The Balaban J connectivity index is 1.35. The van der Waals surface area contributed by atoms with Gasteiger partial charge in [-0.05, 0) is 35.7 Å². The molecule has 3 aromatic carbocycles. The molecule has 0 bridgehead atoms. The lowest BCUT2D eigenvalue weighted by Crippen LogP contribution is -2.14. The normalized spacial score (nSPS) is 10.9. The second-order valence-electron chi connectivity index (χ2n) is 6.57. The van der Waals surface area contributed by atoms with Crippen LogP contribution in [0.25, 0.3) is 10.8 Å². The molecule has 0 saturated carbocycles. The van der Waals surface area contributed by atoms with E-state index in [1.807, 2.05) is 49.5 Å². The monoisotopic (exact) mass is 422 g/mol. The molecule has 0 aliphatic carbocycles. The minimum Gasteiger partial charge on any atom is -0.485 e. The highest BCUT2D eigenvalue weighted by Crippen LogP contribution is 2.26. The van der Waals surface area contributed by atoms with Crippen molar-refractivity contribution >= 4 is 34.1 Å². The number of thioether (sulfide) groups is 1. The minimum atomic E-state index is -0.347. The average molecular weight is 422 g/mol. The van der Waals surface area contributed by atoms with Crippen molar-refractivity contribution in [3.05, 3.63) is 78.4 Å². The van der Waals surface area contributed by atoms with Gasteiger partial charge >= 0.3 is 0 Å². The van der Waals surface area contributed by atoms with Crippen molar-refractivity contribution in [2.45, 2.75) is 11.8 Å². The van der Waals surface area contributed by atoms with Gasteiger partial charge in [0.25, 0.3) is 0 Å². The fraction of sp³-hybridized carbons (Fsp3) is 0.136. The number of nitrogens with zero attached hydrogens (tertiary/aromatic N) is 3. The van der Waals surface area contributed by atoms with Crippen LogP contribution in [-0.4, -0.2) is 26.4 Å². The first-order chi connectivity index (χ1) is 14.6. The minimum absolute atomic E-state index is 0.160. The molecule has 0 atom stereocenters. The highest BCUT2D eigenvalue weighted by atomic mass is 32.2. The van der Waals surface area contributed by atoms with Crippen LogP contribution in [0.5, 0.6) is 5.75 Å². The molecule has 1 heterocycles. The number of rotatable bonds is 7. The summed E-state index contributed by atoms with van der Waals surface area (Å²) in [5.74, 6) is 1.05. The van der Waals surface area contributed by atoms with E-state index in [2.05, 4.69) is 15.5 Å². The van der Waals surface area contributed by atoms with Crippen LogP contribution in [0.3, 0.4) is 0 Å². The predicted molar refractivity (Wildman–Crippen MR) is 115 cm³/mol. The van der Waals surface area contributed by atoms with E-state index in [-0.39, 0.29) is 24.1 Å².